The van der Waals surface area contributed by atoms with Crippen LogP contribution >= 0.6 is 7.14 Å². The minimum Gasteiger partial charge on any atom is -0.324 e. The molecular formula is C9H19OP. The van der Waals surface area contributed by atoms with Gasteiger partial charge in [-0.1, -0.05) is 26.2 Å². The molecule has 1 nitrogen and oxygen atoms in total. The van der Waals surface area contributed by atoms with E-state index in [1.54, 1.807) is 0 Å². The first kappa shape index (κ1) is 9.32. The number of rotatable bonds is 2. The molecule has 1 fully saturated rings. The maximum atomic E-state index is 11.9. The second kappa shape index (κ2) is 3.76. The zero-order valence-corrected chi connectivity index (χ0v) is 8.57. The largest absolute Gasteiger partial charge is 0.324 e. The molecule has 1 aliphatic rings. The third kappa shape index (κ3) is 2.33. The first-order chi connectivity index (χ1) is 5.17. The maximum absolute atomic E-state index is 11.9. The van der Waals surface area contributed by atoms with E-state index in [9.17, 15) is 4.57 Å². The van der Waals surface area contributed by atoms with Crippen molar-refractivity contribution in [1.29, 1.82) is 0 Å². The molecule has 0 spiro atoms. The van der Waals surface area contributed by atoms with Crippen molar-refractivity contribution >= 4 is 7.14 Å². The van der Waals surface area contributed by atoms with Crippen molar-refractivity contribution in [3.8, 4) is 0 Å². The quantitative estimate of drug-likeness (QED) is 0.587. The summed E-state index contributed by atoms with van der Waals surface area (Å²) in [7, 11) is -1.75. The normalized spacial score (nSPS) is 26.4. The van der Waals surface area contributed by atoms with E-state index >= 15 is 0 Å². The van der Waals surface area contributed by atoms with Crippen molar-refractivity contribution in [2.24, 2.45) is 0 Å². The zero-order valence-electron chi connectivity index (χ0n) is 7.68. The third-order valence-corrected chi connectivity index (χ3v) is 6.29. The first-order valence-electron chi connectivity index (χ1n) is 4.73. The third-order valence-electron chi connectivity index (χ3n) is 2.98. The van der Waals surface area contributed by atoms with E-state index in [-0.39, 0.29) is 0 Å². The van der Waals surface area contributed by atoms with E-state index < -0.39 is 7.14 Å². The Morgan fingerprint density at radius 1 is 1.27 bits per heavy atom. The van der Waals surface area contributed by atoms with Gasteiger partial charge in [-0.15, -0.1) is 0 Å². The number of hydrogen-bond donors (Lipinski definition) is 0. The Labute approximate surface area is 69.9 Å². The summed E-state index contributed by atoms with van der Waals surface area (Å²) in [6, 6.07) is 0. The summed E-state index contributed by atoms with van der Waals surface area (Å²) in [6.45, 7) is 4.05. The van der Waals surface area contributed by atoms with Gasteiger partial charge < -0.3 is 4.57 Å². The lowest BCUT2D eigenvalue weighted by molar-refractivity contribution is 0.485. The predicted octanol–water partition coefficient (Wildman–Crippen LogP) is 3.33. The van der Waals surface area contributed by atoms with Crippen LogP contribution in [0.1, 0.15) is 39.0 Å². The van der Waals surface area contributed by atoms with Crippen LogP contribution < -0.4 is 0 Å². The molecular weight excluding hydrogens is 155 g/mol. The first-order valence-corrected chi connectivity index (χ1v) is 7.14. The van der Waals surface area contributed by atoms with Crippen LogP contribution in [-0.4, -0.2) is 18.5 Å². The van der Waals surface area contributed by atoms with Gasteiger partial charge in [0.15, 0.2) is 0 Å². The predicted molar refractivity (Wildman–Crippen MR) is 50.9 cm³/mol. The Hall–Kier alpha value is 0.230. The summed E-state index contributed by atoms with van der Waals surface area (Å²) in [5.74, 6) is 0. The summed E-state index contributed by atoms with van der Waals surface area (Å²) in [4.78, 5) is 0. The summed E-state index contributed by atoms with van der Waals surface area (Å²) in [6.07, 6.45) is 7.33. The Bertz CT molecular complexity index is 159. The summed E-state index contributed by atoms with van der Waals surface area (Å²) in [5.41, 5.74) is 0.571. The minimum absolute atomic E-state index is 0.571. The maximum Gasteiger partial charge on any atom is 0.0874 e. The lowest BCUT2D eigenvalue weighted by Gasteiger charge is -2.27. The molecule has 0 aliphatic heterocycles. The van der Waals surface area contributed by atoms with Crippen molar-refractivity contribution < 1.29 is 4.57 Å². The SMILES string of the molecule is CCP(C)(=O)C1CCCCC1. The molecule has 1 unspecified atom stereocenters. The molecule has 0 radical (unpaired) electrons. The van der Waals surface area contributed by atoms with Gasteiger partial charge in [0.25, 0.3) is 0 Å². The minimum atomic E-state index is -1.75. The monoisotopic (exact) mass is 174 g/mol. The van der Waals surface area contributed by atoms with Gasteiger partial charge in [-0.3, -0.25) is 0 Å². The molecule has 1 aliphatic carbocycles. The van der Waals surface area contributed by atoms with Crippen LogP contribution in [-0.2, 0) is 4.57 Å². The molecule has 0 aromatic rings. The van der Waals surface area contributed by atoms with Gasteiger partial charge in [-0.25, -0.2) is 0 Å². The van der Waals surface area contributed by atoms with Gasteiger partial charge >= 0.3 is 0 Å². The average Bonchev–Trinajstić information content (AvgIpc) is 2.06. The molecule has 1 saturated carbocycles. The van der Waals surface area contributed by atoms with Gasteiger partial charge in [0.2, 0.25) is 0 Å². The molecule has 0 bridgehead atoms. The van der Waals surface area contributed by atoms with E-state index in [0.29, 0.717) is 5.66 Å². The molecule has 0 aromatic carbocycles. The van der Waals surface area contributed by atoms with E-state index in [1.165, 1.54) is 32.1 Å². The summed E-state index contributed by atoms with van der Waals surface area (Å²) in [5, 5.41) is 0. The lowest BCUT2D eigenvalue weighted by atomic mass is 10.0. The van der Waals surface area contributed by atoms with Gasteiger partial charge in [-0.2, -0.15) is 0 Å². The van der Waals surface area contributed by atoms with E-state index in [0.717, 1.165) is 6.16 Å². The van der Waals surface area contributed by atoms with Crippen LogP contribution in [0.15, 0.2) is 0 Å². The highest BCUT2D eigenvalue weighted by Gasteiger charge is 2.27. The van der Waals surface area contributed by atoms with E-state index in [4.69, 9.17) is 0 Å². The van der Waals surface area contributed by atoms with Crippen molar-refractivity contribution in [3.05, 3.63) is 0 Å². The molecule has 11 heavy (non-hydrogen) atoms. The molecule has 0 N–H and O–H groups in total. The topological polar surface area (TPSA) is 17.1 Å². The van der Waals surface area contributed by atoms with Crippen molar-refractivity contribution in [3.63, 3.8) is 0 Å². The van der Waals surface area contributed by atoms with Gasteiger partial charge in [0, 0.05) is 5.66 Å². The Morgan fingerprint density at radius 2 is 1.82 bits per heavy atom. The van der Waals surface area contributed by atoms with E-state index in [2.05, 4.69) is 6.92 Å². The van der Waals surface area contributed by atoms with Crippen molar-refractivity contribution in [2.45, 2.75) is 44.7 Å². The number of hydrogen-bond acceptors (Lipinski definition) is 1. The molecule has 1 atom stereocenters. The Balaban J connectivity index is 2.51. The average molecular weight is 174 g/mol. The van der Waals surface area contributed by atoms with Crippen LogP contribution in [0.2, 0.25) is 0 Å². The fraction of sp³-hybridized carbons (Fsp3) is 1.00. The molecule has 0 amide bonds. The van der Waals surface area contributed by atoms with Crippen LogP contribution in [0.4, 0.5) is 0 Å². The van der Waals surface area contributed by atoms with Gasteiger partial charge in [0.1, 0.15) is 0 Å². The smallest absolute Gasteiger partial charge is 0.0874 e. The second-order valence-electron chi connectivity index (χ2n) is 3.78. The second-order valence-corrected chi connectivity index (χ2v) is 7.49. The Morgan fingerprint density at radius 3 is 2.27 bits per heavy atom. The van der Waals surface area contributed by atoms with Crippen LogP contribution in [0.5, 0.6) is 0 Å². The van der Waals surface area contributed by atoms with Gasteiger partial charge in [0.05, 0.1) is 7.14 Å². The highest BCUT2D eigenvalue weighted by Crippen LogP contribution is 2.51. The molecule has 1 rings (SSSR count). The molecule has 0 saturated heterocycles. The van der Waals surface area contributed by atoms with Crippen LogP contribution in [0.25, 0.3) is 0 Å². The summed E-state index contributed by atoms with van der Waals surface area (Å²) >= 11 is 0. The van der Waals surface area contributed by atoms with E-state index in [1.807, 2.05) is 6.66 Å². The molecule has 2 heteroatoms. The Kier molecular flexibility index (Phi) is 3.18. The van der Waals surface area contributed by atoms with Crippen LogP contribution in [0.3, 0.4) is 0 Å². The highest BCUT2D eigenvalue weighted by molar-refractivity contribution is 7.63. The van der Waals surface area contributed by atoms with Gasteiger partial charge in [-0.05, 0) is 25.7 Å². The molecule has 0 aromatic heterocycles. The van der Waals surface area contributed by atoms with Crippen molar-refractivity contribution in [2.75, 3.05) is 12.8 Å². The van der Waals surface area contributed by atoms with Crippen molar-refractivity contribution in [1.82, 2.24) is 0 Å². The standard InChI is InChI=1S/C9H19OP/c1-3-11(2,10)9-7-5-4-6-8-9/h9H,3-8H2,1-2H3. The summed E-state index contributed by atoms with van der Waals surface area (Å²) < 4.78 is 11.9. The zero-order chi connectivity index (χ0) is 8.32. The fourth-order valence-electron chi connectivity index (χ4n) is 1.89. The lowest BCUT2D eigenvalue weighted by Crippen LogP contribution is -2.13. The molecule has 66 valence electrons. The van der Waals surface area contributed by atoms with Crippen LogP contribution in [0, 0.1) is 0 Å². The fourth-order valence-corrected chi connectivity index (χ4v) is 3.86. The molecule has 0 heterocycles. The highest BCUT2D eigenvalue weighted by atomic mass is 31.2.